The summed E-state index contributed by atoms with van der Waals surface area (Å²) in [7, 11) is -2.60. The van der Waals surface area contributed by atoms with Gasteiger partial charge in [0.2, 0.25) is 11.8 Å². The molecule has 2 amide bonds. The van der Waals surface area contributed by atoms with Gasteiger partial charge in [0.05, 0.1) is 17.7 Å². The van der Waals surface area contributed by atoms with Crippen LogP contribution in [0, 0.1) is 6.92 Å². The molecule has 0 bridgehead atoms. The molecular weight excluding hydrogens is 562 g/mol. The van der Waals surface area contributed by atoms with Crippen LogP contribution in [0.15, 0.2) is 77.7 Å². The fourth-order valence-electron chi connectivity index (χ4n) is 4.93. The van der Waals surface area contributed by atoms with Gasteiger partial charge in [0.15, 0.2) is 0 Å². The number of amides is 2. The third kappa shape index (κ3) is 7.40. The highest BCUT2D eigenvalue weighted by molar-refractivity contribution is 7.92. The van der Waals surface area contributed by atoms with Gasteiger partial charge in [-0.05, 0) is 74.2 Å². The molecule has 0 spiro atoms. The first-order valence-corrected chi connectivity index (χ1v) is 15.5. The van der Waals surface area contributed by atoms with E-state index in [1.165, 1.54) is 23.1 Å². The van der Waals surface area contributed by atoms with Crippen LogP contribution in [-0.4, -0.2) is 50.9 Å². The second kappa shape index (κ2) is 13.4. The molecular formula is C31H36ClN3O5S. The van der Waals surface area contributed by atoms with Crippen molar-refractivity contribution >= 4 is 39.1 Å². The maximum Gasteiger partial charge on any atom is 0.264 e. The third-order valence-corrected chi connectivity index (χ3v) is 9.60. The summed E-state index contributed by atoms with van der Waals surface area (Å²) in [5.41, 5.74) is 1.77. The summed E-state index contributed by atoms with van der Waals surface area (Å²) in [6, 6.07) is 19.2. The molecule has 4 rings (SSSR count). The second-order valence-electron chi connectivity index (χ2n) is 10.3. The number of benzene rings is 3. The zero-order valence-electron chi connectivity index (χ0n) is 23.5. The van der Waals surface area contributed by atoms with Crippen molar-refractivity contribution in [2.75, 3.05) is 18.0 Å². The molecule has 8 nitrogen and oxygen atoms in total. The topological polar surface area (TPSA) is 96.0 Å². The molecule has 10 heteroatoms. The summed E-state index contributed by atoms with van der Waals surface area (Å²) in [5, 5.41) is 3.45. The highest BCUT2D eigenvalue weighted by Crippen LogP contribution is 2.29. The van der Waals surface area contributed by atoms with Crippen LogP contribution in [-0.2, 0) is 26.2 Å². The van der Waals surface area contributed by atoms with E-state index in [-0.39, 0.29) is 29.1 Å². The number of rotatable bonds is 11. The number of carbonyl (C=O) groups excluding carboxylic acids is 2. The second-order valence-corrected chi connectivity index (χ2v) is 12.6. The zero-order valence-corrected chi connectivity index (χ0v) is 25.1. The minimum Gasteiger partial charge on any atom is -0.497 e. The van der Waals surface area contributed by atoms with Crippen molar-refractivity contribution < 1.29 is 22.7 Å². The van der Waals surface area contributed by atoms with Crippen LogP contribution in [0.5, 0.6) is 5.75 Å². The van der Waals surface area contributed by atoms with Gasteiger partial charge in [-0.3, -0.25) is 13.9 Å². The summed E-state index contributed by atoms with van der Waals surface area (Å²) in [6.07, 6.45) is 3.91. The average molecular weight is 598 g/mol. The number of sulfonamides is 1. The number of methoxy groups -OCH3 is 1. The maximum absolute atomic E-state index is 14.1. The molecule has 0 aromatic heterocycles. The molecule has 3 aromatic carbocycles. The van der Waals surface area contributed by atoms with Gasteiger partial charge in [0, 0.05) is 17.6 Å². The van der Waals surface area contributed by atoms with Gasteiger partial charge in [-0.1, -0.05) is 60.8 Å². The Morgan fingerprint density at radius 1 is 1.02 bits per heavy atom. The van der Waals surface area contributed by atoms with Crippen molar-refractivity contribution in [1.82, 2.24) is 10.2 Å². The number of halogens is 1. The Labute approximate surface area is 247 Å². The summed E-state index contributed by atoms with van der Waals surface area (Å²) in [4.78, 5) is 28.9. The summed E-state index contributed by atoms with van der Waals surface area (Å²) >= 11 is 6.38. The van der Waals surface area contributed by atoms with E-state index < -0.39 is 28.5 Å². The van der Waals surface area contributed by atoms with Crippen molar-refractivity contribution in [1.29, 1.82) is 0 Å². The smallest absolute Gasteiger partial charge is 0.264 e. The lowest BCUT2D eigenvalue weighted by Crippen LogP contribution is -2.52. The predicted molar refractivity (Wildman–Crippen MR) is 161 cm³/mol. The number of anilines is 1. The summed E-state index contributed by atoms with van der Waals surface area (Å²) < 4.78 is 34.2. The number of aryl methyl sites for hydroxylation is 1. The molecule has 1 aliphatic carbocycles. The van der Waals surface area contributed by atoms with Crippen LogP contribution in [0.4, 0.5) is 5.69 Å². The molecule has 0 heterocycles. The predicted octanol–water partition coefficient (Wildman–Crippen LogP) is 5.33. The molecule has 41 heavy (non-hydrogen) atoms. The van der Waals surface area contributed by atoms with Crippen molar-refractivity contribution in [2.45, 2.75) is 63.1 Å². The number of carbonyl (C=O) groups is 2. The van der Waals surface area contributed by atoms with Gasteiger partial charge < -0.3 is 15.0 Å². The van der Waals surface area contributed by atoms with Crippen LogP contribution < -0.4 is 14.4 Å². The van der Waals surface area contributed by atoms with E-state index in [1.807, 2.05) is 13.0 Å². The fourth-order valence-corrected chi connectivity index (χ4v) is 6.53. The SMILES string of the molecule is COc1cccc(CN(C(=O)CN(c2ccc(C)c(Cl)c2)S(=O)(=O)c2ccccc2)[C@@H](C)C(=O)NC2CCCC2)c1. The normalized spacial score (nSPS) is 14.3. The Morgan fingerprint density at radius 2 is 1.73 bits per heavy atom. The first-order valence-electron chi connectivity index (χ1n) is 13.7. The molecule has 0 unspecified atom stereocenters. The minimum atomic E-state index is -4.15. The largest absolute Gasteiger partial charge is 0.497 e. The maximum atomic E-state index is 14.1. The molecule has 0 saturated heterocycles. The first kappa shape index (κ1) is 30.4. The number of hydrogen-bond donors (Lipinski definition) is 1. The first-order chi connectivity index (χ1) is 19.6. The lowest BCUT2D eigenvalue weighted by atomic mass is 10.1. The molecule has 1 aliphatic rings. The van der Waals surface area contributed by atoms with E-state index in [2.05, 4.69) is 5.32 Å². The Bertz CT molecular complexity index is 1480. The summed E-state index contributed by atoms with van der Waals surface area (Å²) in [5.74, 6) is -0.192. The van der Waals surface area contributed by atoms with Gasteiger partial charge in [-0.15, -0.1) is 0 Å². The molecule has 1 saturated carbocycles. The van der Waals surface area contributed by atoms with Gasteiger partial charge in [-0.25, -0.2) is 8.42 Å². The molecule has 1 N–H and O–H groups in total. The van der Waals surface area contributed by atoms with Gasteiger partial charge in [0.25, 0.3) is 10.0 Å². The highest BCUT2D eigenvalue weighted by Gasteiger charge is 2.33. The highest BCUT2D eigenvalue weighted by atomic mass is 35.5. The molecule has 1 atom stereocenters. The quantitative estimate of drug-likeness (QED) is 0.322. The third-order valence-electron chi connectivity index (χ3n) is 7.41. The fraction of sp³-hybridized carbons (Fsp3) is 0.355. The van der Waals surface area contributed by atoms with Gasteiger partial charge >= 0.3 is 0 Å². The number of hydrogen-bond acceptors (Lipinski definition) is 5. The molecule has 0 aliphatic heterocycles. The van der Waals surface area contributed by atoms with Crippen LogP contribution >= 0.6 is 11.6 Å². The summed E-state index contributed by atoms with van der Waals surface area (Å²) in [6.45, 7) is 3.04. The van der Waals surface area contributed by atoms with E-state index >= 15 is 0 Å². The van der Waals surface area contributed by atoms with E-state index in [1.54, 1.807) is 62.6 Å². The Kier molecular flexibility index (Phi) is 9.94. The van der Waals surface area contributed by atoms with Crippen molar-refractivity contribution in [3.63, 3.8) is 0 Å². The lowest BCUT2D eigenvalue weighted by molar-refractivity contribution is -0.139. The van der Waals surface area contributed by atoms with E-state index in [0.29, 0.717) is 10.8 Å². The van der Waals surface area contributed by atoms with Crippen LogP contribution in [0.3, 0.4) is 0 Å². The Morgan fingerprint density at radius 3 is 2.39 bits per heavy atom. The average Bonchev–Trinajstić information content (AvgIpc) is 3.49. The van der Waals surface area contributed by atoms with E-state index in [4.69, 9.17) is 16.3 Å². The number of ether oxygens (including phenoxy) is 1. The monoisotopic (exact) mass is 597 g/mol. The minimum absolute atomic E-state index is 0.0378. The molecule has 218 valence electrons. The lowest BCUT2D eigenvalue weighted by Gasteiger charge is -2.32. The van der Waals surface area contributed by atoms with Gasteiger partial charge in [-0.2, -0.15) is 0 Å². The molecule has 0 radical (unpaired) electrons. The number of nitrogens with one attached hydrogen (secondary N) is 1. The molecule has 1 fully saturated rings. The van der Waals surface area contributed by atoms with Crippen LogP contribution in [0.1, 0.15) is 43.7 Å². The van der Waals surface area contributed by atoms with E-state index in [9.17, 15) is 18.0 Å². The van der Waals surface area contributed by atoms with Crippen LogP contribution in [0.25, 0.3) is 0 Å². The van der Waals surface area contributed by atoms with Crippen molar-refractivity contribution in [2.24, 2.45) is 0 Å². The Balaban J connectivity index is 1.70. The van der Waals surface area contributed by atoms with Crippen molar-refractivity contribution in [3.8, 4) is 5.75 Å². The van der Waals surface area contributed by atoms with Crippen LogP contribution in [0.2, 0.25) is 5.02 Å². The zero-order chi connectivity index (χ0) is 29.6. The van der Waals surface area contributed by atoms with E-state index in [0.717, 1.165) is 41.1 Å². The number of nitrogens with zero attached hydrogens (tertiary/aromatic N) is 2. The Hall–Kier alpha value is -3.56. The molecule has 3 aromatic rings. The van der Waals surface area contributed by atoms with Gasteiger partial charge in [0.1, 0.15) is 18.3 Å². The standard InChI is InChI=1S/C31H36ClN3O5S/c1-22-16-17-26(19-29(22)32)35(41(38,39)28-14-5-4-6-15-28)21-30(36)34(20-24-10-9-13-27(18-24)40-3)23(2)31(37)33-25-11-7-8-12-25/h4-6,9-10,13-19,23,25H,7-8,11-12,20-21H2,1-3H3,(H,33,37)/t23-/m0/s1. The van der Waals surface area contributed by atoms with Crippen molar-refractivity contribution in [3.05, 3.63) is 88.9 Å².